The molecule has 0 atom stereocenters. The number of aryl methyl sites for hydroxylation is 1. The van der Waals surface area contributed by atoms with E-state index in [1.807, 2.05) is 38.1 Å². The van der Waals surface area contributed by atoms with Crippen LogP contribution in [0.3, 0.4) is 0 Å². The lowest BCUT2D eigenvalue weighted by Crippen LogP contribution is -2.40. The monoisotopic (exact) mass is 430 g/mol. The number of unbranched alkanes of at least 4 members (excludes halogenated alkanes) is 1. The highest BCUT2D eigenvalue weighted by Gasteiger charge is 2.22. The zero-order chi connectivity index (χ0) is 22.6. The molecular formula is C23H30N2O6. The number of hydrogen-bond acceptors (Lipinski definition) is 6. The van der Waals surface area contributed by atoms with Crippen LogP contribution in [0.15, 0.2) is 48.5 Å². The van der Waals surface area contributed by atoms with Gasteiger partial charge in [0, 0.05) is 31.7 Å². The molecule has 0 aliphatic heterocycles. The van der Waals surface area contributed by atoms with E-state index in [2.05, 4.69) is 5.32 Å². The van der Waals surface area contributed by atoms with Gasteiger partial charge in [-0.25, -0.2) is 9.59 Å². The van der Waals surface area contributed by atoms with E-state index in [1.165, 1.54) is 19.1 Å². The predicted molar refractivity (Wildman–Crippen MR) is 119 cm³/mol. The molecule has 0 aromatic heterocycles. The van der Waals surface area contributed by atoms with Gasteiger partial charge < -0.3 is 18.9 Å². The summed E-state index contributed by atoms with van der Waals surface area (Å²) in [6.45, 7) is 4.46. The Hall–Kier alpha value is -3.10. The summed E-state index contributed by atoms with van der Waals surface area (Å²) in [6, 6.07) is 14.0. The number of carbonyl (C=O) groups is 2. The molecule has 1 N–H and O–H groups in total. The van der Waals surface area contributed by atoms with Crippen molar-refractivity contribution in [1.82, 2.24) is 0 Å². The smallest absolute Gasteiger partial charge is 0.419 e. The van der Waals surface area contributed by atoms with Gasteiger partial charge >= 0.3 is 12.2 Å². The zero-order valence-corrected chi connectivity index (χ0v) is 18.4. The fourth-order valence-electron chi connectivity index (χ4n) is 2.66. The molecule has 168 valence electrons. The van der Waals surface area contributed by atoms with Crippen molar-refractivity contribution in [3.05, 3.63) is 54.1 Å². The number of carbonyl (C=O) groups excluding carboxylic acids is 2. The number of rotatable bonds is 10. The van der Waals surface area contributed by atoms with Crippen molar-refractivity contribution in [2.45, 2.75) is 33.0 Å². The zero-order valence-electron chi connectivity index (χ0n) is 18.4. The van der Waals surface area contributed by atoms with E-state index in [4.69, 9.17) is 18.9 Å². The van der Waals surface area contributed by atoms with Crippen LogP contribution >= 0.6 is 0 Å². The van der Waals surface area contributed by atoms with E-state index in [0.717, 1.165) is 18.4 Å². The van der Waals surface area contributed by atoms with E-state index in [1.54, 1.807) is 24.3 Å². The molecule has 0 spiro atoms. The van der Waals surface area contributed by atoms with Crippen LogP contribution in [0.1, 0.15) is 25.3 Å². The van der Waals surface area contributed by atoms with Crippen molar-refractivity contribution in [2.24, 2.45) is 0 Å². The van der Waals surface area contributed by atoms with Gasteiger partial charge in [-0.2, -0.15) is 0 Å². The fraction of sp³-hybridized carbons (Fsp3) is 0.391. The van der Waals surface area contributed by atoms with Gasteiger partial charge in [0.2, 0.25) is 0 Å². The molecule has 8 heteroatoms. The minimum atomic E-state index is -0.625. The maximum atomic E-state index is 13.0. The van der Waals surface area contributed by atoms with Crippen molar-refractivity contribution >= 4 is 23.6 Å². The number of ether oxygens (including phenoxy) is 4. The van der Waals surface area contributed by atoms with Gasteiger partial charge in [-0.15, -0.1) is 0 Å². The summed E-state index contributed by atoms with van der Waals surface area (Å²) in [7, 11) is 3.00. The molecule has 0 bridgehead atoms. The Morgan fingerprint density at radius 3 is 2.42 bits per heavy atom. The summed E-state index contributed by atoms with van der Waals surface area (Å²) in [5.74, 6) is 0.278. The Morgan fingerprint density at radius 1 is 1.06 bits per heavy atom. The molecule has 0 unspecified atom stereocenters. The molecule has 0 saturated heterocycles. The lowest BCUT2D eigenvalue weighted by molar-refractivity contribution is -0.0943. The van der Waals surface area contributed by atoms with Gasteiger partial charge in [0.25, 0.3) is 0 Å². The van der Waals surface area contributed by atoms with E-state index >= 15 is 0 Å². The largest absolute Gasteiger partial charge is 0.449 e. The summed E-state index contributed by atoms with van der Waals surface area (Å²) < 4.78 is 21.1. The molecular weight excluding hydrogens is 400 g/mol. The highest BCUT2D eigenvalue weighted by molar-refractivity contribution is 5.90. The van der Waals surface area contributed by atoms with Gasteiger partial charge in [-0.1, -0.05) is 37.1 Å². The highest BCUT2D eigenvalue weighted by atomic mass is 16.7. The number of anilines is 2. The number of methoxy groups -OCH3 is 2. The van der Waals surface area contributed by atoms with Crippen LogP contribution in [0.2, 0.25) is 0 Å². The van der Waals surface area contributed by atoms with Crippen LogP contribution in [0, 0.1) is 6.92 Å². The average molecular weight is 431 g/mol. The van der Waals surface area contributed by atoms with Crippen LogP contribution in [0.25, 0.3) is 0 Å². The van der Waals surface area contributed by atoms with E-state index in [-0.39, 0.29) is 12.3 Å². The summed E-state index contributed by atoms with van der Waals surface area (Å²) in [5, 5.41) is 2.63. The van der Waals surface area contributed by atoms with Gasteiger partial charge in [0.05, 0.1) is 13.2 Å². The van der Waals surface area contributed by atoms with E-state index in [9.17, 15) is 9.59 Å². The van der Waals surface area contributed by atoms with Gasteiger partial charge in [0.15, 0.2) is 6.29 Å². The lowest BCUT2D eigenvalue weighted by atomic mass is 10.2. The van der Waals surface area contributed by atoms with Crippen molar-refractivity contribution < 1.29 is 28.5 Å². The van der Waals surface area contributed by atoms with E-state index < -0.39 is 18.5 Å². The maximum absolute atomic E-state index is 13.0. The molecule has 0 saturated carbocycles. The highest BCUT2D eigenvalue weighted by Crippen LogP contribution is 2.22. The molecule has 0 aliphatic rings. The van der Waals surface area contributed by atoms with Crippen molar-refractivity contribution in [2.75, 3.05) is 37.6 Å². The van der Waals surface area contributed by atoms with Crippen molar-refractivity contribution in [3.63, 3.8) is 0 Å². The first-order valence-corrected chi connectivity index (χ1v) is 10.1. The Labute approximate surface area is 183 Å². The van der Waals surface area contributed by atoms with Gasteiger partial charge in [-0.3, -0.25) is 10.2 Å². The minimum Gasteiger partial charge on any atom is -0.449 e. The second kappa shape index (κ2) is 12.6. The molecule has 0 radical (unpaired) electrons. The summed E-state index contributed by atoms with van der Waals surface area (Å²) in [4.78, 5) is 26.2. The molecule has 2 amide bonds. The van der Waals surface area contributed by atoms with Gasteiger partial charge in [0.1, 0.15) is 5.75 Å². The first-order chi connectivity index (χ1) is 15.0. The third-order valence-electron chi connectivity index (χ3n) is 4.44. The van der Waals surface area contributed by atoms with E-state index in [0.29, 0.717) is 18.0 Å². The molecule has 8 nitrogen and oxygen atoms in total. The summed E-state index contributed by atoms with van der Waals surface area (Å²) >= 11 is 0. The molecule has 0 aliphatic carbocycles. The second-order valence-electron chi connectivity index (χ2n) is 6.86. The van der Waals surface area contributed by atoms with Crippen LogP contribution in [0.5, 0.6) is 5.75 Å². The number of nitrogens with zero attached hydrogens (tertiary/aromatic N) is 1. The topological polar surface area (TPSA) is 86.3 Å². The molecule has 2 aromatic carbocycles. The molecule has 2 rings (SSSR count). The van der Waals surface area contributed by atoms with Crippen LogP contribution < -0.4 is 15.0 Å². The third kappa shape index (κ3) is 7.92. The fourth-order valence-corrected chi connectivity index (χ4v) is 2.66. The first kappa shape index (κ1) is 24.2. The number of amides is 2. The number of nitrogens with one attached hydrogen (secondary N) is 1. The SMILES string of the molecule is CCCCOC(=O)Nc1cccc(OC(=O)N(CC(OC)OC)c2ccc(C)cc2)c1. The second-order valence-corrected chi connectivity index (χ2v) is 6.86. The molecule has 31 heavy (non-hydrogen) atoms. The Kier molecular flexibility index (Phi) is 9.80. The quantitative estimate of drug-likeness (QED) is 0.423. The predicted octanol–water partition coefficient (Wildman–Crippen LogP) is 4.97. The molecule has 0 fully saturated rings. The summed E-state index contributed by atoms with van der Waals surface area (Å²) in [6.07, 6.45) is -0.0563. The maximum Gasteiger partial charge on any atom is 0.419 e. The number of benzene rings is 2. The van der Waals surface area contributed by atoms with Crippen molar-refractivity contribution in [3.8, 4) is 5.75 Å². The normalized spacial score (nSPS) is 10.6. The van der Waals surface area contributed by atoms with Crippen LogP contribution in [0.4, 0.5) is 21.0 Å². The van der Waals surface area contributed by atoms with Crippen LogP contribution in [-0.2, 0) is 14.2 Å². The molecule has 2 aromatic rings. The average Bonchev–Trinajstić information content (AvgIpc) is 2.76. The number of hydrogen-bond donors (Lipinski definition) is 1. The molecule has 0 heterocycles. The minimum absolute atomic E-state index is 0.136. The third-order valence-corrected chi connectivity index (χ3v) is 4.44. The Balaban J connectivity index is 2.11. The Morgan fingerprint density at radius 2 is 1.77 bits per heavy atom. The Bertz CT molecular complexity index is 836. The van der Waals surface area contributed by atoms with Gasteiger partial charge in [-0.05, 0) is 37.6 Å². The first-order valence-electron chi connectivity index (χ1n) is 10.1. The summed E-state index contributed by atoms with van der Waals surface area (Å²) in [5.41, 5.74) is 2.17. The van der Waals surface area contributed by atoms with Crippen molar-refractivity contribution in [1.29, 1.82) is 0 Å². The standard InChI is InChI=1S/C23H30N2O6/c1-5-6-14-30-22(26)24-18-8-7-9-20(15-18)31-23(27)25(16-21(28-3)29-4)19-12-10-17(2)11-13-19/h7-13,15,21H,5-6,14,16H2,1-4H3,(H,24,26). The lowest BCUT2D eigenvalue weighted by Gasteiger charge is -2.25. The van der Waals surface area contributed by atoms with Crippen LogP contribution in [-0.4, -0.2) is 45.8 Å².